The zero-order valence-corrected chi connectivity index (χ0v) is 18.9. The van der Waals surface area contributed by atoms with Crippen LogP contribution in [0.2, 0.25) is 0 Å². The van der Waals surface area contributed by atoms with E-state index in [2.05, 4.69) is 22.1 Å². The molecule has 2 aliphatic rings. The molecule has 0 atom stereocenters. The largest absolute Gasteiger partial charge is 0.339 e. The molecule has 0 spiro atoms. The number of aromatic nitrogens is 3. The minimum atomic E-state index is -0.537. The number of carbonyl (C=O) groups excluding carboxylic acids is 2. The van der Waals surface area contributed by atoms with E-state index < -0.39 is 11.2 Å². The number of H-pyrrole nitrogens is 1. The molecule has 2 aromatic heterocycles. The summed E-state index contributed by atoms with van der Waals surface area (Å²) in [5.74, 6) is -0.117. The van der Waals surface area contributed by atoms with E-state index in [1.54, 1.807) is 4.90 Å². The van der Waals surface area contributed by atoms with Crippen LogP contribution in [-0.4, -0.2) is 62.3 Å². The van der Waals surface area contributed by atoms with Gasteiger partial charge in [0.15, 0.2) is 0 Å². The first-order valence-corrected chi connectivity index (χ1v) is 11.8. The van der Waals surface area contributed by atoms with Crippen LogP contribution in [0.15, 0.2) is 52.2 Å². The van der Waals surface area contributed by atoms with Crippen molar-refractivity contribution in [2.45, 2.75) is 38.1 Å². The Morgan fingerprint density at radius 1 is 1.00 bits per heavy atom. The highest BCUT2D eigenvalue weighted by Gasteiger charge is 2.29. The number of hydrogen-bond acceptors (Lipinski definition) is 5. The molecule has 0 unspecified atom stereocenters. The SMILES string of the molecule is O=C(CCCc1ccccc1)N1CCN(C(=O)c2cnc3c(c2)c(=O)[nH]c(=O)n3C2CC2)CC1. The number of aromatic amines is 1. The average molecular weight is 462 g/mol. The molecule has 9 nitrogen and oxygen atoms in total. The Hall–Kier alpha value is -3.75. The molecular weight excluding hydrogens is 434 g/mol. The van der Waals surface area contributed by atoms with Crippen molar-refractivity contribution in [3.05, 3.63) is 74.6 Å². The van der Waals surface area contributed by atoms with Crippen LogP contribution in [0, 0.1) is 0 Å². The smallest absolute Gasteiger partial charge is 0.330 e. The molecule has 34 heavy (non-hydrogen) atoms. The van der Waals surface area contributed by atoms with Crippen molar-refractivity contribution in [2.75, 3.05) is 26.2 Å². The molecule has 3 aromatic rings. The third kappa shape index (κ3) is 4.50. The van der Waals surface area contributed by atoms with Crippen LogP contribution in [-0.2, 0) is 11.2 Å². The van der Waals surface area contributed by atoms with Gasteiger partial charge in [0.25, 0.3) is 11.5 Å². The highest BCUT2D eigenvalue weighted by atomic mass is 16.2. The van der Waals surface area contributed by atoms with E-state index in [0.717, 1.165) is 25.7 Å². The van der Waals surface area contributed by atoms with E-state index >= 15 is 0 Å². The number of rotatable bonds is 6. The molecule has 1 N–H and O–H groups in total. The predicted octanol–water partition coefficient (Wildman–Crippen LogP) is 1.73. The second-order valence-corrected chi connectivity index (χ2v) is 8.97. The molecule has 1 saturated carbocycles. The van der Waals surface area contributed by atoms with Crippen molar-refractivity contribution in [3.8, 4) is 0 Å². The lowest BCUT2D eigenvalue weighted by molar-refractivity contribution is -0.132. The van der Waals surface area contributed by atoms with Gasteiger partial charge in [0, 0.05) is 44.8 Å². The summed E-state index contributed by atoms with van der Waals surface area (Å²) in [7, 11) is 0. The lowest BCUT2D eigenvalue weighted by atomic mass is 10.1. The molecule has 1 aromatic carbocycles. The summed E-state index contributed by atoms with van der Waals surface area (Å²) in [6.45, 7) is 1.83. The van der Waals surface area contributed by atoms with Gasteiger partial charge in [-0.1, -0.05) is 30.3 Å². The highest BCUT2D eigenvalue weighted by Crippen LogP contribution is 2.34. The van der Waals surface area contributed by atoms with Gasteiger partial charge < -0.3 is 9.80 Å². The zero-order valence-electron chi connectivity index (χ0n) is 18.9. The molecule has 2 fully saturated rings. The van der Waals surface area contributed by atoms with E-state index in [9.17, 15) is 19.2 Å². The maximum atomic E-state index is 13.1. The summed E-state index contributed by atoms with van der Waals surface area (Å²) >= 11 is 0. The molecule has 1 aliphatic carbocycles. The molecule has 2 amide bonds. The Labute approximate surface area is 196 Å². The van der Waals surface area contributed by atoms with Gasteiger partial charge in [-0.25, -0.2) is 9.78 Å². The number of nitrogens with zero attached hydrogens (tertiary/aromatic N) is 4. The number of benzene rings is 1. The van der Waals surface area contributed by atoms with Crippen molar-refractivity contribution in [1.29, 1.82) is 0 Å². The van der Waals surface area contributed by atoms with Crippen LogP contribution in [0.1, 0.15) is 47.6 Å². The van der Waals surface area contributed by atoms with Gasteiger partial charge in [-0.15, -0.1) is 0 Å². The quantitative estimate of drug-likeness (QED) is 0.601. The Morgan fingerprint density at radius 2 is 1.71 bits per heavy atom. The first-order valence-electron chi connectivity index (χ1n) is 11.8. The fraction of sp³-hybridized carbons (Fsp3) is 0.400. The van der Waals surface area contributed by atoms with Gasteiger partial charge in [0.2, 0.25) is 5.91 Å². The summed E-state index contributed by atoms with van der Waals surface area (Å²) in [5.41, 5.74) is 0.851. The van der Waals surface area contributed by atoms with Crippen LogP contribution < -0.4 is 11.2 Å². The van der Waals surface area contributed by atoms with E-state index in [-0.39, 0.29) is 23.2 Å². The van der Waals surface area contributed by atoms with Crippen LogP contribution in [0.5, 0.6) is 0 Å². The number of fused-ring (bicyclic) bond motifs is 1. The normalized spacial score (nSPS) is 16.1. The van der Waals surface area contributed by atoms with E-state index in [0.29, 0.717) is 43.8 Å². The van der Waals surface area contributed by atoms with Gasteiger partial charge in [-0.05, 0) is 37.3 Å². The minimum absolute atomic E-state index is 0.0548. The molecule has 1 saturated heterocycles. The van der Waals surface area contributed by atoms with E-state index in [1.807, 2.05) is 23.1 Å². The molecule has 0 radical (unpaired) electrons. The number of pyridine rings is 1. The molecule has 3 heterocycles. The number of carbonyl (C=O) groups is 2. The highest BCUT2D eigenvalue weighted by molar-refractivity contribution is 5.97. The second-order valence-electron chi connectivity index (χ2n) is 8.97. The van der Waals surface area contributed by atoms with Crippen molar-refractivity contribution >= 4 is 22.8 Å². The van der Waals surface area contributed by atoms with Gasteiger partial charge >= 0.3 is 5.69 Å². The standard InChI is InChI=1S/C25H27N5O4/c31-21(8-4-7-17-5-2-1-3-6-17)28-11-13-29(14-12-28)24(33)18-15-20-22(26-16-18)30(19-9-10-19)25(34)27-23(20)32/h1-3,5-6,15-16,19H,4,7-14H2,(H,27,32,34). The first kappa shape index (κ1) is 22.1. The summed E-state index contributed by atoms with van der Waals surface area (Å²) in [6.07, 6.45) is 5.34. The third-order valence-electron chi connectivity index (χ3n) is 6.56. The Morgan fingerprint density at radius 3 is 2.41 bits per heavy atom. The number of hydrogen-bond donors (Lipinski definition) is 1. The van der Waals surface area contributed by atoms with Crippen molar-refractivity contribution in [1.82, 2.24) is 24.3 Å². The van der Waals surface area contributed by atoms with E-state index in [1.165, 1.54) is 22.4 Å². The van der Waals surface area contributed by atoms with Crippen molar-refractivity contribution < 1.29 is 9.59 Å². The topological polar surface area (TPSA) is 108 Å². The summed E-state index contributed by atoms with van der Waals surface area (Å²) in [4.78, 5) is 60.3. The van der Waals surface area contributed by atoms with Gasteiger partial charge in [-0.3, -0.25) is 23.9 Å². The monoisotopic (exact) mass is 461 g/mol. The molecule has 1 aliphatic heterocycles. The number of nitrogens with one attached hydrogen (secondary N) is 1. The van der Waals surface area contributed by atoms with Crippen molar-refractivity contribution in [2.24, 2.45) is 0 Å². The van der Waals surface area contributed by atoms with Gasteiger partial charge in [0.1, 0.15) is 5.65 Å². The summed E-state index contributed by atoms with van der Waals surface area (Å²) in [5, 5.41) is 0.240. The number of amides is 2. The van der Waals surface area contributed by atoms with Crippen LogP contribution in [0.3, 0.4) is 0 Å². The van der Waals surface area contributed by atoms with E-state index in [4.69, 9.17) is 0 Å². The summed E-state index contributed by atoms with van der Waals surface area (Å²) in [6, 6.07) is 11.7. The third-order valence-corrected chi connectivity index (χ3v) is 6.56. The van der Waals surface area contributed by atoms with Crippen LogP contribution >= 0.6 is 0 Å². The lowest BCUT2D eigenvalue weighted by Gasteiger charge is -2.35. The maximum absolute atomic E-state index is 13.1. The fourth-order valence-electron chi connectivity index (χ4n) is 4.51. The van der Waals surface area contributed by atoms with Crippen molar-refractivity contribution in [3.63, 3.8) is 0 Å². The second kappa shape index (κ2) is 9.24. The number of piperazine rings is 1. The van der Waals surface area contributed by atoms with Gasteiger partial charge in [0.05, 0.1) is 10.9 Å². The maximum Gasteiger partial charge on any atom is 0.330 e. The number of aryl methyl sites for hydroxylation is 1. The molecule has 0 bridgehead atoms. The van der Waals surface area contributed by atoms with Gasteiger partial charge in [-0.2, -0.15) is 0 Å². The molecule has 9 heteroatoms. The molecular formula is C25H27N5O4. The molecule has 5 rings (SSSR count). The average Bonchev–Trinajstić information content (AvgIpc) is 3.69. The zero-order chi connectivity index (χ0) is 23.7. The Balaban J connectivity index is 1.20. The fourth-order valence-corrected chi connectivity index (χ4v) is 4.51. The van der Waals surface area contributed by atoms with Crippen LogP contribution in [0.4, 0.5) is 0 Å². The summed E-state index contributed by atoms with van der Waals surface area (Å²) < 4.78 is 1.51. The first-order chi connectivity index (χ1) is 16.5. The molecule has 176 valence electrons. The Kier molecular flexibility index (Phi) is 6.00. The predicted molar refractivity (Wildman–Crippen MR) is 127 cm³/mol. The van der Waals surface area contributed by atoms with Crippen LogP contribution in [0.25, 0.3) is 11.0 Å². The minimum Gasteiger partial charge on any atom is -0.339 e. The Bertz CT molecular complexity index is 1330. The lowest BCUT2D eigenvalue weighted by Crippen LogP contribution is -2.50.